The van der Waals surface area contributed by atoms with Crippen LogP contribution in [-0.4, -0.2) is 89.2 Å². The van der Waals surface area contributed by atoms with E-state index in [1.54, 1.807) is 11.8 Å². The number of rotatable bonds is 7. The highest BCUT2D eigenvalue weighted by Crippen LogP contribution is 2.31. The van der Waals surface area contributed by atoms with Crippen LogP contribution >= 0.6 is 23.1 Å². The molecule has 2 aromatic heterocycles. The van der Waals surface area contributed by atoms with Crippen LogP contribution in [0.5, 0.6) is 0 Å². The first-order valence-electron chi connectivity index (χ1n) is 10.8. The van der Waals surface area contributed by atoms with E-state index in [0.717, 1.165) is 53.3 Å². The Morgan fingerprint density at radius 3 is 2.62 bits per heavy atom. The molecule has 4 rings (SSSR count). The van der Waals surface area contributed by atoms with E-state index < -0.39 is 9.84 Å². The minimum Gasteiger partial charge on any atom is -0.366 e. The van der Waals surface area contributed by atoms with Crippen LogP contribution in [-0.2, 0) is 14.6 Å². The molecule has 1 unspecified atom stereocenters. The maximum absolute atomic E-state index is 12.4. The van der Waals surface area contributed by atoms with Crippen molar-refractivity contribution < 1.29 is 13.2 Å². The second-order valence-electron chi connectivity index (χ2n) is 8.14. The minimum atomic E-state index is -2.96. The third-order valence-electron chi connectivity index (χ3n) is 5.82. The Balaban J connectivity index is 1.32. The summed E-state index contributed by atoms with van der Waals surface area (Å²) in [6.07, 6.45) is 0.625. The van der Waals surface area contributed by atoms with E-state index in [4.69, 9.17) is 0 Å². The molecule has 0 radical (unpaired) electrons. The molecule has 0 bridgehead atoms. The van der Waals surface area contributed by atoms with Crippen molar-refractivity contribution in [1.82, 2.24) is 24.9 Å². The second kappa shape index (κ2) is 9.65. The standard InChI is InChI=1S/C19H29N7O3S3/c1-4-30-19-22-21-18(31-19)20-16(27)11-24-6-8-25(9-7-24)17-13(2)23-26(14(17)3)15-5-10-32(28,29)12-15/h15H,4-12H2,1-3H3,(H,20,21,27). The quantitative estimate of drug-likeness (QED) is 0.448. The monoisotopic (exact) mass is 499 g/mol. The SMILES string of the molecule is CCSc1nnc(NC(=O)CN2CCN(c3c(C)nn(C4CCS(=O)(=O)C4)c3C)CC2)s1. The fraction of sp³-hybridized carbons (Fsp3) is 0.684. The molecule has 2 aliphatic heterocycles. The molecule has 2 aromatic rings. The van der Waals surface area contributed by atoms with Gasteiger partial charge in [-0.25, -0.2) is 8.42 Å². The van der Waals surface area contributed by atoms with Crippen LogP contribution in [0.15, 0.2) is 4.34 Å². The number of anilines is 2. The zero-order valence-electron chi connectivity index (χ0n) is 18.6. The van der Waals surface area contributed by atoms with Crippen molar-refractivity contribution in [2.75, 3.05) is 60.2 Å². The molecule has 2 fully saturated rings. The largest absolute Gasteiger partial charge is 0.366 e. The number of nitrogens with zero attached hydrogens (tertiary/aromatic N) is 6. The molecule has 2 saturated heterocycles. The maximum Gasteiger partial charge on any atom is 0.240 e. The lowest BCUT2D eigenvalue weighted by Gasteiger charge is -2.35. The van der Waals surface area contributed by atoms with E-state index in [1.807, 2.05) is 18.5 Å². The van der Waals surface area contributed by atoms with Gasteiger partial charge in [0.1, 0.15) is 0 Å². The van der Waals surface area contributed by atoms with Gasteiger partial charge in [-0.15, -0.1) is 10.2 Å². The van der Waals surface area contributed by atoms with Gasteiger partial charge in [0.2, 0.25) is 11.0 Å². The molecule has 0 aliphatic carbocycles. The summed E-state index contributed by atoms with van der Waals surface area (Å²) in [5.74, 6) is 1.25. The lowest BCUT2D eigenvalue weighted by Crippen LogP contribution is -2.49. The summed E-state index contributed by atoms with van der Waals surface area (Å²) in [5.41, 5.74) is 3.04. The topological polar surface area (TPSA) is 113 Å². The Morgan fingerprint density at radius 1 is 1.22 bits per heavy atom. The van der Waals surface area contributed by atoms with Gasteiger partial charge in [0.15, 0.2) is 14.2 Å². The predicted molar refractivity (Wildman–Crippen MR) is 128 cm³/mol. The first-order chi connectivity index (χ1) is 15.3. The maximum atomic E-state index is 12.4. The fourth-order valence-electron chi connectivity index (χ4n) is 4.37. The van der Waals surface area contributed by atoms with E-state index in [1.165, 1.54) is 11.3 Å². The first-order valence-corrected chi connectivity index (χ1v) is 14.4. The van der Waals surface area contributed by atoms with Crippen LogP contribution in [0.2, 0.25) is 0 Å². The Hall–Kier alpha value is -1.70. The average Bonchev–Trinajstić information content (AvgIpc) is 3.40. The van der Waals surface area contributed by atoms with Gasteiger partial charge in [0.05, 0.1) is 41.2 Å². The molecule has 0 aromatic carbocycles. The number of carbonyl (C=O) groups is 1. The van der Waals surface area contributed by atoms with Gasteiger partial charge >= 0.3 is 0 Å². The number of thioether (sulfide) groups is 1. The number of aryl methyl sites for hydroxylation is 1. The van der Waals surface area contributed by atoms with Crippen molar-refractivity contribution in [3.8, 4) is 0 Å². The summed E-state index contributed by atoms with van der Waals surface area (Å²) < 4.78 is 26.5. The van der Waals surface area contributed by atoms with Crippen molar-refractivity contribution in [2.24, 2.45) is 0 Å². The van der Waals surface area contributed by atoms with E-state index >= 15 is 0 Å². The summed E-state index contributed by atoms with van der Waals surface area (Å²) in [5, 5.41) is 16.2. The van der Waals surface area contributed by atoms with E-state index in [-0.39, 0.29) is 23.5 Å². The molecule has 1 atom stereocenters. The Labute approximate surface area is 196 Å². The lowest BCUT2D eigenvalue weighted by atomic mass is 10.2. The summed E-state index contributed by atoms with van der Waals surface area (Å²) in [7, 11) is -2.96. The Kier molecular flexibility index (Phi) is 7.08. The molecule has 13 heteroatoms. The molecule has 1 N–H and O–H groups in total. The van der Waals surface area contributed by atoms with Crippen molar-refractivity contribution in [2.45, 2.75) is 37.6 Å². The molecule has 0 spiro atoms. The Morgan fingerprint density at radius 2 is 1.97 bits per heavy atom. The molecular weight excluding hydrogens is 470 g/mol. The van der Waals surface area contributed by atoms with E-state index in [2.05, 4.69) is 37.3 Å². The highest BCUT2D eigenvalue weighted by Gasteiger charge is 2.32. The second-order valence-corrected chi connectivity index (χ2v) is 12.9. The van der Waals surface area contributed by atoms with E-state index in [9.17, 15) is 13.2 Å². The smallest absolute Gasteiger partial charge is 0.240 e. The average molecular weight is 500 g/mol. The molecule has 2 aliphatic rings. The van der Waals surface area contributed by atoms with Crippen LogP contribution in [0.1, 0.15) is 30.8 Å². The zero-order valence-corrected chi connectivity index (χ0v) is 21.0. The van der Waals surface area contributed by atoms with Crippen molar-refractivity contribution in [1.29, 1.82) is 0 Å². The van der Waals surface area contributed by atoms with Crippen LogP contribution in [0.3, 0.4) is 0 Å². The number of sulfone groups is 1. The summed E-state index contributed by atoms with van der Waals surface area (Å²) in [4.78, 5) is 16.8. The summed E-state index contributed by atoms with van der Waals surface area (Å²) in [6.45, 7) is 9.49. The summed E-state index contributed by atoms with van der Waals surface area (Å²) in [6, 6.07) is -0.0750. The zero-order chi connectivity index (χ0) is 22.9. The van der Waals surface area contributed by atoms with Gasteiger partial charge in [-0.3, -0.25) is 19.7 Å². The summed E-state index contributed by atoms with van der Waals surface area (Å²) >= 11 is 3.01. The highest BCUT2D eigenvalue weighted by atomic mass is 32.2. The predicted octanol–water partition coefficient (Wildman–Crippen LogP) is 1.58. The third-order valence-corrected chi connectivity index (χ3v) is 9.42. The van der Waals surface area contributed by atoms with Gasteiger partial charge in [0, 0.05) is 26.2 Å². The van der Waals surface area contributed by atoms with Crippen molar-refractivity contribution in [3.05, 3.63) is 11.4 Å². The molecule has 32 heavy (non-hydrogen) atoms. The molecule has 176 valence electrons. The van der Waals surface area contributed by atoms with Crippen LogP contribution in [0, 0.1) is 13.8 Å². The van der Waals surface area contributed by atoms with Crippen molar-refractivity contribution in [3.63, 3.8) is 0 Å². The highest BCUT2D eigenvalue weighted by molar-refractivity contribution is 8.01. The van der Waals surface area contributed by atoms with Gasteiger partial charge < -0.3 is 4.90 Å². The van der Waals surface area contributed by atoms with Gasteiger partial charge in [-0.05, 0) is 26.0 Å². The number of amides is 1. The Bertz CT molecular complexity index is 1070. The molecular formula is C19H29N7O3S3. The molecule has 1 amide bonds. The fourth-order valence-corrected chi connectivity index (χ4v) is 7.73. The third kappa shape index (κ3) is 5.26. The molecule has 10 nitrogen and oxygen atoms in total. The number of piperazine rings is 1. The first kappa shape index (κ1) is 23.5. The van der Waals surface area contributed by atoms with Crippen LogP contribution < -0.4 is 10.2 Å². The number of hydrogen-bond donors (Lipinski definition) is 1. The van der Waals surface area contributed by atoms with Crippen LogP contribution in [0.25, 0.3) is 0 Å². The number of hydrogen-bond acceptors (Lipinski definition) is 10. The normalized spacial score (nSPS) is 21.2. The van der Waals surface area contributed by atoms with Crippen LogP contribution in [0.4, 0.5) is 10.8 Å². The van der Waals surface area contributed by atoms with Crippen molar-refractivity contribution >= 4 is 49.7 Å². The van der Waals surface area contributed by atoms with Gasteiger partial charge in [-0.2, -0.15) is 5.10 Å². The number of carbonyl (C=O) groups excluding carboxylic acids is 1. The van der Waals surface area contributed by atoms with Gasteiger partial charge in [-0.1, -0.05) is 30.0 Å². The minimum absolute atomic E-state index is 0.0750. The van der Waals surface area contributed by atoms with E-state index in [0.29, 0.717) is 18.1 Å². The van der Waals surface area contributed by atoms with Gasteiger partial charge in [0.25, 0.3) is 0 Å². The lowest BCUT2D eigenvalue weighted by molar-refractivity contribution is -0.117. The molecule has 0 saturated carbocycles. The number of nitrogens with one attached hydrogen (secondary N) is 1. The number of aromatic nitrogens is 4. The molecule has 4 heterocycles.